The van der Waals surface area contributed by atoms with Gasteiger partial charge in [-0.15, -0.1) is 0 Å². The lowest BCUT2D eigenvalue weighted by atomic mass is 10.2. The number of nitriles is 1. The third kappa shape index (κ3) is 3.62. The van der Waals surface area contributed by atoms with Crippen LogP contribution in [0.1, 0.15) is 24.8 Å². The van der Waals surface area contributed by atoms with Crippen molar-refractivity contribution in [2.24, 2.45) is 0 Å². The summed E-state index contributed by atoms with van der Waals surface area (Å²) in [6, 6.07) is 9.51. The first-order valence-corrected chi connectivity index (χ1v) is 6.46. The van der Waals surface area contributed by atoms with Gasteiger partial charge in [0.15, 0.2) is 6.19 Å². The SMILES string of the molecule is N#CN1CCCCCN1C(=O)OCc1ccccc1. The number of carbonyl (C=O) groups excluding carboxylic acids is 1. The van der Waals surface area contributed by atoms with E-state index in [1.807, 2.05) is 36.5 Å². The van der Waals surface area contributed by atoms with E-state index in [0.717, 1.165) is 24.8 Å². The topological polar surface area (TPSA) is 56.6 Å². The molecule has 0 bridgehead atoms. The predicted octanol–water partition coefficient (Wildman–Crippen LogP) is 2.51. The van der Waals surface area contributed by atoms with Gasteiger partial charge in [-0.1, -0.05) is 30.3 Å². The molecule has 19 heavy (non-hydrogen) atoms. The largest absolute Gasteiger partial charge is 0.443 e. The zero-order chi connectivity index (χ0) is 13.5. The highest BCUT2D eigenvalue weighted by molar-refractivity contribution is 5.67. The lowest BCUT2D eigenvalue weighted by Gasteiger charge is -2.27. The van der Waals surface area contributed by atoms with Crippen molar-refractivity contribution in [2.75, 3.05) is 13.1 Å². The van der Waals surface area contributed by atoms with Gasteiger partial charge in [0.25, 0.3) is 0 Å². The molecule has 1 aliphatic heterocycles. The van der Waals surface area contributed by atoms with Crippen molar-refractivity contribution in [1.82, 2.24) is 10.0 Å². The Bertz CT molecular complexity index is 456. The van der Waals surface area contributed by atoms with Gasteiger partial charge in [-0.25, -0.2) is 14.8 Å². The Hall–Kier alpha value is -2.22. The van der Waals surface area contributed by atoms with Gasteiger partial charge in [0, 0.05) is 6.54 Å². The average molecular weight is 259 g/mol. The smallest absolute Gasteiger partial charge is 0.429 e. The van der Waals surface area contributed by atoms with Crippen LogP contribution in [0.15, 0.2) is 30.3 Å². The van der Waals surface area contributed by atoms with Crippen LogP contribution in [0, 0.1) is 11.5 Å². The molecule has 0 spiro atoms. The number of hydrogen-bond acceptors (Lipinski definition) is 4. The quantitative estimate of drug-likeness (QED) is 0.766. The fourth-order valence-corrected chi connectivity index (χ4v) is 2.03. The van der Waals surface area contributed by atoms with Crippen LogP contribution in [-0.2, 0) is 11.3 Å². The van der Waals surface area contributed by atoms with E-state index in [2.05, 4.69) is 0 Å². The van der Waals surface area contributed by atoms with Crippen molar-refractivity contribution in [2.45, 2.75) is 25.9 Å². The van der Waals surface area contributed by atoms with Crippen molar-refractivity contribution in [1.29, 1.82) is 5.26 Å². The summed E-state index contributed by atoms with van der Waals surface area (Å²) in [5, 5.41) is 11.8. The van der Waals surface area contributed by atoms with Crippen molar-refractivity contribution in [3.63, 3.8) is 0 Å². The van der Waals surface area contributed by atoms with E-state index >= 15 is 0 Å². The summed E-state index contributed by atoms with van der Waals surface area (Å²) in [5.41, 5.74) is 0.939. The monoisotopic (exact) mass is 259 g/mol. The summed E-state index contributed by atoms with van der Waals surface area (Å²) in [5.74, 6) is 0. The number of benzene rings is 1. The van der Waals surface area contributed by atoms with Gasteiger partial charge in [-0.05, 0) is 24.8 Å². The van der Waals surface area contributed by atoms with Crippen LogP contribution in [-0.4, -0.2) is 29.2 Å². The number of rotatable bonds is 2. The molecule has 5 nitrogen and oxygen atoms in total. The summed E-state index contributed by atoms with van der Waals surface area (Å²) in [6.45, 7) is 1.35. The molecule has 1 amide bonds. The molecule has 1 fully saturated rings. The minimum absolute atomic E-state index is 0.232. The van der Waals surface area contributed by atoms with Crippen molar-refractivity contribution < 1.29 is 9.53 Å². The number of hydrazine groups is 1. The van der Waals surface area contributed by atoms with Crippen LogP contribution in [0.5, 0.6) is 0 Å². The van der Waals surface area contributed by atoms with E-state index in [0.29, 0.717) is 13.1 Å². The Kier molecular flexibility index (Phi) is 4.62. The molecule has 1 aromatic carbocycles. The molecule has 100 valence electrons. The minimum atomic E-state index is -0.452. The highest BCUT2D eigenvalue weighted by atomic mass is 16.6. The summed E-state index contributed by atoms with van der Waals surface area (Å²) < 4.78 is 5.25. The Balaban J connectivity index is 1.92. The zero-order valence-corrected chi connectivity index (χ0v) is 10.8. The van der Waals surface area contributed by atoms with Gasteiger partial charge in [0.2, 0.25) is 0 Å². The van der Waals surface area contributed by atoms with Gasteiger partial charge in [-0.2, -0.15) is 5.26 Å². The van der Waals surface area contributed by atoms with Gasteiger partial charge >= 0.3 is 6.09 Å². The van der Waals surface area contributed by atoms with Gasteiger partial charge in [-0.3, -0.25) is 0 Å². The molecule has 0 saturated carbocycles. The first kappa shape index (κ1) is 13.2. The molecule has 1 heterocycles. The maximum atomic E-state index is 12.0. The highest BCUT2D eigenvalue weighted by Gasteiger charge is 2.23. The molecule has 1 aromatic rings. The van der Waals surface area contributed by atoms with E-state index in [1.54, 1.807) is 0 Å². The summed E-state index contributed by atoms with van der Waals surface area (Å²) >= 11 is 0. The third-order valence-corrected chi connectivity index (χ3v) is 3.06. The molecule has 0 unspecified atom stereocenters. The average Bonchev–Trinajstić information content (AvgIpc) is 2.71. The Morgan fingerprint density at radius 2 is 1.95 bits per heavy atom. The number of ether oxygens (including phenoxy) is 1. The summed E-state index contributed by atoms with van der Waals surface area (Å²) in [7, 11) is 0. The molecule has 0 atom stereocenters. The third-order valence-electron chi connectivity index (χ3n) is 3.06. The molecular formula is C14H17N3O2. The maximum Gasteiger partial charge on any atom is 0.429 e. The van der Waals surface area contributed by atoms with E-state index in [9.17, 15) is 4.79 Å². The second kappa shape index (κ2) is 6.64. The summed E-state index contributed by atoms with van der Waals surface area (Å²) in [6.07, 6.45) is 4.44. The van der Waals surface area contributed by atoms with Crippen LogP contribution in [0.2, 0.25) is 0 Å². The molecule has 0 radical (unpaired) electrons. The first-order chi connectivity index (χ1) is 9.31. The van der Waals surface area contributed by atoms with E-state index in [-0.39, 0.29) is 6.61 Å². The molecule has 0 aromatic heterocycles. The Morgan fingerprint density at radius 1 is 1.21 bits per heavy atom. The Morgan fingerprint density at radius 3 is 2.68 bits per heavy atom. The zero-order valence-electron chi connectivity index (χ0n) is 10.8. The molecule has 5 heteroatoms. The first-order valence-electron chi connectivity index (χ1n) is 6.46. The standard InChI is InChI=1S/C14H17N3O2/c15-12-16-9-5-2-6-10-17(16)14(18)19-11-13-7-3-1-4-8-13/h1,3-4,7-8H,2,5-6,9-11H2. The fourth-order valence-electron chi connectivity index (χ4n) is 2.03. The van der Waals surface area contributed by atoms with Crippen molar-refractivity contribution in [3.05, 3.63) is 35.9 Å². The summed E-state index contributed by atoms with van der Waals surface area (Å²) in [4.78, 5) is 12.0. The number of hydrogen-bond donors (Lipinski definition) is 0. The van der Waals surface area contributed by atoms with Crippen LogP contribution in [0.25, 0.3) is 0 Å². The van der Waals surface area contributed by atoms with E-state index in [4.69, 9.17) is 10.00 Å². The normalized spacial score (nSPS) is 15.5. The molecule has 2 rings (SSSR count). The minimum Gasteiger partial charge on any atom is -0.443 e. The van der Waals surface area contributed by atoms with E-state index < -0.39 is 6.09 Å². The van der Waals surface area contributed by atoms with Gasteiger partial charge < -0.3 is 4.74 Å². The number of amides is 1. The fraction of sp³-hybridized carbons (Fsp3) is 0.429. The lowest BCUT2D eigenvalue weighted by Crippen LogP contribution is -2.43. The predicted molar refractivity (Wildman–Crippen MR) is 69.5 cm³/mol. The second-order valence-corrected chi connectivity index (χ2v) is 4.45. The highest BCUT2D eigenvalue weighted by Crippen LogP contribution is 2.12. The van der Waals surface area contributed by atoms with Crippen molar-refractivity contribution >= 4 is 6.09 Å². The van der Waals surface area contributed by atoms with Crippen LogP contribution < -0.4 is 0 Å². The lowest BCUT2D eigenvalue weighted by molar-refractivity contribution is 0.0175. The molecule has 0 aliphatic carbocycles. The molecule has 1 saturated heterocycles. The number of nitrogens with zero attached hydrogens (tertiary/aromatic N) is 3. The van der Waals surface area contributed by atoms with Gasteiger partial charge in [0.05, 0.1) is 6.54 Å². The van der Waals surface area contributed by atoms with E-state index in [1.165, 1.54) is 10.0 Å². The van der Waals surface area contributed by atoms with Crippen LogP contribution in [0.4, 0.5) is 4.79 Å². The van der Waals surface area contributed by atoms with Crippen LogP contribution >= 0.6 is 0 Å². The molecule has 0 N–H and O–H groups in total. The Labute approximate surface area is 113 Å². The number of carbonyl (C=O) groups is 1. The molecule has 1 aliphatic rings. The van der Waals surface area contributed by atoms with Crippen molar-refractivity contribution in [3.8, 4) is 6.19 Å². The molecular weight excluding hydrogens is 242 g/mol. The van der Waals surface area contributed by atoms with Gasteiger partial charge in [0.1, 0.15) is 6.61 Å². The van der Waals surface area contributed by atoms with Crippen LogP contribution in [0.3, 0.4) is 0 Å². The maximum absolute atomic E-state index is 12.0. The second-order valence-electron chi connectivity index (χ2n) is 4.45.